The number of ether oxygens (including phenoxy) is 1. The van der Waals surface area contributed by atoms with Crippen LogP contribution in [0.5, 0.6) is 11.5 Å². The molecule has 5 aliphatic rings. The molecule has 2 saturated heterocycles. The normalized spacial score (nSPS) is 28.9. The molecule has 3 fully saturated rings. The Labute approximate surface area is 304 Å². The van der Waals surface area contributed by atoms with Crippen molar-refractivity contribution in [1.82, 2.24) is 0 Å². The minimum Gasteiger partial charge on any atom is -0.508 e. The van der Waals surface area contributed by atoms with Gasteiger partial charge in [-0.2, -0.15) is 0 Å². The van der Waals surface area contributed by atoms with Crippen molar-refractivity contribution in [1.29, 1.82) is 0 Å². The van der Waals surface area contributed by atoms with Crippen LogP contribution in [-0.4, -0.2) is 43.4 Å². The maximum Gasteiger partial charge on any atom is 0.271 e. The zero-order chi connectivity index (χ0) is 38.0. The summed E-state index contributed by atoms with van der Waals surface area (Å²) in [5.41, 5.74) is -1.78. The van der Waals surface area contributed by atoms with Crippen molar-refractivity contribution in [3.05, 3.63) is 111 Å². The Morgan fingerprint density at radius 3 is 2.23 bits per heavy atom. The molecule has 1 saturated carbocycles. The van der Waals surface area contributed by atoms with Crippen LogP contribution in [0, 0.1) is 62.9 Å². The summed E-state index contributed by atoms with van der Waals surface area (Å²) in [5, 5.41) is 21.7. The third-order valence-corrected chi connectivity index (χ3v) is 12.1. The zero-order valence-corrected chi connectivity index (χ0v) is 27.9. The van der Waals surface area contributed by atoms with Gasteiger partial charge in [-0.05, 0) is 48.6 Å². The molecule has 4 amide bonds. The quantitative estimate of drug-likeness (QED) is 0.0488. The summed E-state index contributed by atoms with van der Waals surface area (Å²) in [5.74, 6) is -22.4. The van der Waals surface area contributed by atoms with E-state index in [9.17, 15) is 47.6 Å². The number of nitro groups is 1. The van der Waals surface area contributed by atoms with Crippen molar-refractivity contribution in [2.45, 2.75) is 29.0 Å². The highest BCUT2D eigenvalue weighted by molar-refractivity contribution is 6.58. The average molecular weight is 776 g/mol. The third-order valence-electron chi connectivity index (χ3n) is 10.7. The number of phenols is 1. The number of phenolic OH excluding ortho intramolecular Hbond substituents is 1. The summed E-state index contributed by atoms with van der Waals surface area (Å²) >= 11 is 14.3. The van der Waals surface area contributed by atoms with Gasteiger partial charge in [0.2, 0.25) is 17.6 Å². The number of nitro benzene ring substituents is 1. The molecule has 3 aromatic carbocycles. The number of hydrogen-bond acceptors (Lipinski definition) is 8. The van der Waals surface area contributed by atoms with Gasteiger partial charge in [0.05, 0.1) is 28.7 Å². The smallest absolute Gasteiger partial charge is 0.271 e. The fourth-order valence-electron chi connectivity index (χ4n) is 8.38. The van der Waals surface area contributed by atoms with E-state index in [-0.39, 0.29) is 46.1 Å². The van der Waals surface area contributed by atoms with Crippen LogP contribution in [0.2, 0.25) is 0 Å². The van der Waals surface area contributed by atoms with Gasteiger partial charge in [0.25, 0.3) is 17.5 Å². The Hall–Kier alpha value is -5.35. The first kappa shape index (κ1) is 34.7. The SMILES string of the molecule is O=C1C2CC=C3C(CC4(Cl)C(=O)N(c5c(F)c(F)c(F)c(F)c5F)C(=O)C4(Cl)C3C3=COc4ccc(O)cc4C3)C2C(=O)N1c1cccc([N+](=O)[O-])c1. The number of hydrogen-bond donors (Lipinski definition) is 1. The number of carbonyl (C=O) groups excluding carboxylic acids is 4. The maximum atomic E-state index is 15.3. The van der Waals surface area contributed by atoms with E-state index in [2.05, 4.69) is 0 Å². The van der Waals surface area contributed by atoms with Crippen LogP contribution in [0.15, 0.2) is 65.9 Å². The molecule has 0 aromatic heterocycles. The summed E-state index contributed by atoms with van der Waals surface area (Å²) in [6, 6.07) is 8.87. The van der Waals surface area contributed by atoms with Crippen LogP contribution < -0.4 is 14.5 Å². The lowest BCUT2D eigenvalue weighted by molar-refractivity contribution is -0.384. The lowest BCUT2D eigenvalue weighted by Gasteiger charge is -2.51. The molecule has 0 spiro atoms. The van der Waals surface area contributed by atoms with Crippen molar-refractivity contribution < 1.29 is 55.9 Å². The largest absolute Gasteiger partial charge is 0.508 e. The maximum absolute atomic E-state index is 15.3. The van der Waals surface area contributed by atoms with Gasteiger partial charge in [0.1, 0.15) is 17.2 Å². The van der Waals surface area contributed by atoms with E-state index in [0.29, 0.717) is 5.56 Å². The Morgan fingerprint density at radius 1 is 0.868 bits per heavy atom. The molecule has 6 unspecified atom stereocenters. The third kappa shape index (κ3) is 4.51. The topological polar surface area (TPSA) is 147 Å². The standard InChI is InChI=1S/C35H20Cl2F5N3O8/c36-34-11-20-18(5-6-19-22(20)31(48)43(30(19)47)15-2-1-3-16(10-15)45(51)52)23(14-8-13-9-17(46)4-7-21(13)53-12-14)35(34,37)33(50)44(32(34)49)29-27(41)25(39)24(38)26(40)28(29)42/h1-5,7,9-10,12,19-20,22-23,46H,6,8,11H2. The number of halogens is 7. The summed E-state index contributed by atoms with van der Waals surface area (Å²) in [6.45, 7) is 0. The molecular weight excluding hydrogens is 756 g/mol. The number of benzene rings is 3. The molecule has 0 radical (unpaired) electrons. The monoisotopic (exact) mass is 775 g/mol. The predicted octanol–water partition coefficient (Wildman–Crippen LogP) is 6.12. The number of non-ortho nitro benzene ring substituents is 1. The van der Waals surface area contributed by atoms with Crippen LogP contribution in [0.3, 0.4) is 0 Å². The molecule has 6 atom stereocenters. The van der Waals surface area contributed by atoms with Crippen LogP contribution >= 0.6 is 23.2 Å². The molecule has 2 aliphatic carbocycles. The molecule has 11 nitrogen and oxygen atoms in total. The van der Waals surface area contributed by atoms with Crippen molar-refractivity contribution >= 4 is 63.9 Å². The van der Waals surface area contributed by atoms with Crippen LogP contribution in [0.1, 0.15) is 18.4 Å². The van der Waals surface area contributed by atoms with Gasteiger partial charge in [0, 0.05) is 30.0 Å². The highest BCUT2D eigenvalue weighted by atomic mass is 35.5. The molecule has 1 N–H and O–H groups in total. The Balaban J connectivity index is 1.30. The number of rotatable bonds is 4. The number of anilines is 2. The molecular formula is C35H20Cl2F5N3O8. The van der Waals surface area contributed by atoms with Crippen LogP contribution in [0.25, 0.3) is 0 Å². The Kier molecular flexibility index (Phi) is 7.58. The molecule has 8 rings (SSSR count). The van der Waals surface area contributed by atoms with E-state index in [1.165, 1.54) is 42.7 Å². The van der Waals surface area contributed by atoms with E-state index in [0.717, 1.165) is 17.0 Å². The Bertz CT molecular complexity index is 2310. The molecule has 0 bridgehead atoms. The van der Waals surface area contributed by atoms with Gasteiger partial charge in [-0.15, -0.1) is 23.2 Å². The van der Waals surface area contributed by atoms with Crippen molar-refractivity contribution in [2.75, 3.05) is 9.80 Å². The predicted molar refractivity (Wildman–Crippen MR) is 173 cm³/mol. The van der Waals surface area contributed by atoms with E-state index < -0.39 is 109 Å². The van der Waals surface area contributed by atoms with Gasteiger partial charge in [-0.3, -0.25) is 29.3 Å². The molecule has 3 aliphatic heterocycles. The zero-order valence-electron chi connectivity index (χ0n) is 26.4. The summed E-state index contributed by atoms with van der Waals surface area (Å²) < 4.78 is 79.4. The second kappa shape index (κ2) is 11.6. The molecule has 53 heavy (non-hydrogen) atoms. The molecule has 18 heteroatoms. The highest BCUT2D eigenvalue weighted by Crippen LogP contribution is 2.65. The van der Waals surface area contributed by atoms with E-state index in [4.69, 9.17) is 27.9 Å². The first-order valence-electron chi connectivity index (χ1n) is 15.8. The number of amides is 4. The lowest BCUT2D eigenvalue weighted by Crippen LogP contribution is -2.61. The average Bonchev–Trinajstić information content (AvgIpc) is 3.47. The van der Waals surface area contributed by atoms with Gasteiger partial charge in [0.15, 0.2) is 33.0 Å². The Morgan fingerprint density at radius 2 is 1.55 bits per heavy atom. The first-order valence-corrected chi connectivity index (χ1v) is 16.6. The minimum absolute atomic E-state index is 0.116. The number of alkyl halides is 2. The van der Waals surface area contributed by atoms with Gasteiger partial charge >= 0.3 is 0 Å². The molecule has 3 heterocycles. The second-order valence-electron chi connectivity index (χ2n) is 13.3. The van der Waals surface area contributed by atoms with Gasteiger partial charge in [-0.1, -0.05) is 17.7 Å². The second-order valence-corrected chi connectivity index (χ2v) is 14.5. The van der Waals surface area contributed by atoms with E-state index >= 15 is 8.78 Å². The van der Waals surface area contributed by atoms with E-state index in [1.807, 2.05) is 0 Å². The van der Waals surface area contributed by atoms with E-state index in [1.54, 1.807) is 0 Å². The number of nitrogens with zero attached hydrogens (tertiary/aromatic N) is 3. The number of aromatic hydroxyl groups is 1. The summed E-state index contributed by atoms with van der Waals surface area (Å²) in [7, 11) is 0. The summed E-state index contributed by atoms with van der Waals surface area (Å²) in [4.78, 5) is 62.7. The van der Waals surface area contributed by atoms with Crippen LogP contribution in [0.4, 0.5) is 39.0 Å². The minimum atomic E-state index is -2.75. The van der Waals surface area contributed by atoms with Gasteiger partial charge in [-0.25, -0.2) is 31.8 Å². The number of carbonyl (C=O) groups is 4. The fraction of sp³-hybridized carbons (Fsp3) is 0.257. The molecule has 272 valence electrons. The van der Waals surface area contributed by atoms with Gasteiger partial charge < -0.3 is 9.84 Å². The lowest BCUT2D eigenvalue weighted by atomic mass is 9.56. The number of allylic oxidation sites excluding steroid dienone is 3. The number of imide groups is 2. The highest BCUT2D eigenvalue weighted by Gasteiger charge is 2.77. The van der Waals surface area contributed by atoms with Crippen molar-refractivity contribution in [3.63, 3.8) is 0 Å². The van der Waals surface area contributed by atoms with Crippen molar-refractivity contribution in [2.24, 2.45) is 23.7 Å². The number of fused-ring (bicyclic) bond motifs is 5. The van der Waals surface area contributed by atoms with Crippen LogP contribution in [-0.2, 0) is 25.6 Å². The van der Waals surface area contributed by atoms with Crippen molar-refractivity contribution in [3.8, 4) is 11.5 Å². The first-order chi connectivity index (χ1) is 25.0. The fourth-order valence-corrected chi connectivity index (χ4v) is 9.33. The molecule has 3 aromatic rings. The summed E-state index contributed by atoms with van der Waals surface area (Å²) in [6.07, 6.45) is 1.68.